The molecule has 4 nitrogen and oxygen atoms in total. The molecule has 0 aliphatic rings. The summed E-state index contributed by atoms with van der Waals surface area (Å²) in [6, 6.07) is 3.83. The van der Waals surface area contributed by atoms with Crippen LogP contribution in [-0.4, -0.2) is 21.3 Å². The molecule has 0 aromatic heterocycles. The van der Waals surface area contributed by atoms with E-state index in [4.69, 9.17) is 5.73 Å². The Balaban J connectivity index is 3.88. The van der Waals surface area contributed by atoms with Crippen molar-refractivity contribution in [1.82, 2.24) is 0 Å². The molecule has 0 spiro atoms. The summed E-state index contributed by atoms with van der Waals surface area (Å²) in [6.07, 6.45) is 0. The van der Waals surface area contributed by atoms with Crippen LogP contribution in [0.3, 0.4) is 0 Å². The second-order valence-electron chi connectivity index (χ2n) is 8.13. The van der Waals surface area contributed by atoms with Crippen LogP contribution in [-0.2, 0) is 17.4 Å². The van der Waals surface area contributed by atoms with Crippen molar-refractivity contribution in [3.63, 3.8) is 0 Å². The fraction of sp³-hybridized carbons (Fsp3) is 0.625. The summed E-state index contributed by atoms with van der Waals surface area (Å²) in [6.45, 7) is 13.5. The number of nitrogens with two attached hydrogens (primary N) is 1. The van der Waals surface area contributed by atoms with Crippen molar-refractivity contribution in [3.8, 4) is 0 Å². The van der Waals surface area contributed by atoms with Crippen LogP contribution in [0.25, 0.3) is 0 Å². The fourth-order valence-corrected chi connectivity index (χ4v) is 4.27. The molecule has 1 rings (SSSR count). The Kier molecular flexibility index (Phi) is 4.42. The van der Waals surface area contributed by atoms with E-state index in [1.165, 1.54) is 0 Å². The third-order valence-corrected chi connectivity index (χ3v) is 5.18. The molecule has 0 fully saturated rings. The topological polar surface area (TPSA) is 86.7 Å². The van der Waals surface area contributed by atoms with E-state index in [0.717, 1.165) is 17.8 Å². The Morgan fingerprint density at radius 3 is 1.71 bits per heavy atom. The van der Waals surface area contributed by atoms with Gasteiger partial charge in [-0.05, 0) is 0 Å². The van der Waals surface area contributed by atoms with Crippen molar-refractivity contribution in [2.24, 2.45) is 5.73 Å². The molecule has 5 N–H and O–H groups in total. The van der Waals surface area contributed by atoms with Gasteiger partial charge < -0.3 is 0 Å². The van der Waals surface area contributed by atoms with Gasteiger partial charge in [-0.1, -0.05) is 0 Å². The van der Waals surface area contributed by atoms with Gasteiger partial charge in [0.2, 0.25) is 0 Å². The van der Waals surface area contributed by atoms with E-state index in [9.17, 15) is 14.7 Å². The number of benzene rings is 1. The van der Waals surface area contributed by atoms with Crippen LogP contribution in [0.4, 0.5) is 0 Å². The summed E-state index contributed by atoms with van der Waals surface area (Å²) >= 11 is 0. The summed E-state index contributed by atoms with van der Waals surface area (Å²) in [5.41, 5.74) is 7.79. The third kappa shape index (κ3) is 4.24. The molecule has 122 valence electrons. The van der Waals surface area contributed by atoms with Gasteiger partial charge in [0.1, 0.15) is 0 Å². The van der Waals surface area contributed by atoms with Crippen LogP contribution in [0, 0.1) is 0 Å². The normalized spacial score (nSPS) is 15.7. The predicted octanol–water partition coefficient (Wildman–Crippen LogP) is 2.27. The van der Waals surface area contributed by atoms with E-state index < -0.39 is 7.28 Å². The van der Waals surface area contributed by atoms with E-state index in [2.05, 4.69) is 20.8 Å². The minimum atomic E-state index is -4.89. The standard InChI is InChI=1S/C16H30NO3P/c1-15(2,3)12-8-11(10-17)14(21(7,18,19)20)13(9-12)16(4,5)6/h8-9,18-20H,10,17H2,1-7H3. The molecule has 0 saturated heterocycles. The first kappa shape index (κ1) is 18.5. The van der Waals surface area contributed by atoms with Crippen molar-refractivity contribution in [3.05, 3.63) is 28.8 Å². The van der Waals surface area contributed by atoms with Gasteiger partial charge in [0.25, 0.3) is 0 Å². The molecule has 0 aliphatic heterocycles. The van der Waals surface area contributed by atoms with E-state index in [0.29, 0.717) is 5.56 Å². The SMILES string of the molecule is CC(C)(C)c1cc(CN)c(P(C)(O)(O)O)c(C(C)(C)C)c1. The van der Waals surface area contributed by atoms with E-state index in [1.54, 1.807) is 0 Å². The van der Waals surface area contributed by atoms with Crippen LogP contribution in [0.15, 0.2) is 12.1 Å². The summed E-state index contributed by atoms with van der Waals surface area (Å²) in [5.74, 6) is 0. The Bertz CT molecular complexity index is 536. The zero-order chi connectivity index (χ0) is 16.9. The molecule has 0 heterocycles. The maximum absolute atomic E-state index is 10.3. The van der Waals surface area contributed by atoms with Crippen LogP contribution < -0.4 is 11.0 Å². The Morgan fingerprint density at radius 2 is 1.43 bits per heavy atom. The van der Waals surface area contributed by atoms with Crippen LogP contribution >= 0.6 is 7.28 Å². The summed E-state index contributed by atoms with van der Waals surface area (Å²) in [4.78, 5) is 30.9. The number of hydrogen-bond donors (Lipinski definition) is 4. The van der Waals surface area contributed by atoms with Crippen molar-refractivity contribution in [2.75, 3.05) is 6.66 Å². The molecule has 5 heteroatoms. The molecule has 1 aromatic carbocycles. The van der Waals surface area contributed by atoms with Crippen molar-refractivity contribution in [2.45, 2.75) is 58.9 Å². The van der Waals surface area contributed by atoms with Crippen LogP contribution in [0.5, 0.6) is 0 Å². The van der Waals surface area contributed by atoms with Gasteiger partial charge in [0.05, 0.1) is 0 Å². The molecule has 0 radical (unpaired) electrons. The molecule has 21 heavy (non-hydrogen) atoms. The maximum atomic E-state index is 10.3. The average Bonchev–Trinajstić information content (AvgIpc) is 2.22. The Morgan fingerprint density at radius 1 is 0.952 bits per heavy atom. The molecule has 0 bridgehead atoms. The molecule has 0 amide bonds. The zero-order valence-electron chi connectivity index (χ0n) is 14.2. The van der Waals surface area contributed by atoms with Gasteiger partial charge in [0, 0.05) is 0 Å². The van der Waals surface area contributed by atoms with E-state index in [1.807, 2.05) is 32.9 Å². The molecule has 0 saturated carbocycles. The molecular formula is C16H30NO3P. The van der Waals surface area contributed by atoms with Gasteiger partial charge in [-0.15, -0.1) is 0 Å². The first-order valence-electron chi connectivity index (χ1n) is 7.19. The molecule has 0 atom stereocenters. The van der Waals surface area contributed by atoms with E-state index in [-0.39, 0.29) is 22.7 Å². The van der Waals surface area contributed by atoms with Crippen molar-refractivity contribution >= 4 is 12.6 Å². The zero-order valence-corrected chi connectivity index (χ0v) is 15.1. The summed E-state index contributed by atoms with van der Waals surface area (Å²) in [5, 5.41) is 0.212. The Hall–Kier alpha value is -0.510. The fourth-order valence-electron chi connectivity index (χ4n) is 2.47. The monoisotopic (exact) mass is 315 g/mol. The van der Waals surface area contributed by atoms with Gasteiger partial charge in [-0.2, -0.15) is 0 Å². The van der Waals surface area contributed by atoms with Gasteiger partial charge in [-0.25, -0.2) is 0 Å². The molecule has 0 unspecified atom stereocenters. The molecule has 1 aromatic rings. The average molecular weight is 315 g/mol. The number of rotatable bonds is 2. The summed E-state index contributed by atoms with van der Waals surface area (Å²) in [7, 11) is -4.89. The summed E-state index contributed by atoms with van der Waals surface area (Å²) < 4.78 is 0. The van der Waals surface area contributed by atoms with Crippen molar-refractivity contribution < 1.29 is 14.7 Å². The van der Waals surface area contributed by atoms with Gasteiger partial charge >= 0.3 is 127 Å². The second-order valence-corrected chi connectivity index (χ2v) is 11.4. The quantitative estimate of drug-likeness (QED) is 0.631. The van der Waals surface area contributed by atoms with E-state index >= 15 is 0 Å². The van der Waals surface area contributed by atoms with Crippen molar-refractivity contribution in [1.29, 1.82) is 0 Å². The Labute approximate surface area is 128 Å². The van der Waals surface area contributed by atoms with Gasteiger partial charge in [-0.3, -0.25) is 0 Å². The number of hydrogen-bond acceptors (Lipinski definition) is 4. The van der Waals surface area contributed by atoms with Crippen LogP contribution in [0.2, 0.25) is 0 Å². The third-order valence-electron chi connectivity index (χ3n) is 3.61. The molecule has 0 aliphatic carbocycles. The first-order valence-corrected chi connectivity index (χ1v) is 9.73. The second kappa shape index (κ2) is 5.00. The predicted molar refractivity (Wildman–Crippen MR) is 90.9 cm³/mol. The minimum absolute atomic E-state index is 0.0903. The first-order chi connectivity index (χ1) is 9.04. The molecular weight excluding hydrogens is 285 g/mol. The van der Waals surface area contributed by atoms with Crippen LogP contribution in [0.1, 0.15) is 58.2 Å². The van der Waals surface area contributed by atoms with Gasteiger partial charge in [0.15, 0.2) is 0 Å².